The summed E-state index contributed by atoms with van der Waals surface area (Å²) in [6, 6.07) is 3.52. The maximum atomic E-state index is 10.3. The van der Waals surface area contributed by atoms with Crippen molar-refractivity contribution < 1.29 is 9.84 Å². The summed E-state index contributed by atoms with van der Waals surface area (Å²) in [7, 11) is 1.56. The van der Waals surface area contributed by atoms with Gasteiger partial charge in [0.05, 0.1) is 29.6 Å². The highest BCUT2D eigenvalue weighted by atomic mass is 35.5. The van der Waals surface area contributed by atoms with Crippen molar-refractivity contribution in [1.82, 2.24) is 14.8 Å². The van der Waals surface area contributed by atoms with Gasteiger partial charge in [-0.05, 0) is 25.5 Å². The van der Waals surface area contributed by atoms with Crippen LogP contribution in [0.5, 0.6) is 5.88 Å². The average Bonchev–Trinajstić information content (AvgIpc) is 2.75. The number of ether oxygens (including phenoxy) is 1. The molecule has 1 N–H and O–H groups in total. The minimum Gasteiger partial charge on any atom is -0.481 e. The molecule has 2 rings (SSSR count). The second-order valence-electron chi connectivity index (χ2n) is 4.52. The van der Waals surface area contributed by atoms with Gasteiger partial charge in [-0.25, -0.2) is 4.98 Å². The first-order chi connectivity index (χ1) is 9.56. The van der Waals surface area contributed by atoms with E-state index >= 15 is 0 Å². The van der Waals surface area contributed by atoms with E-state index in [-0.39, 0.29) is 0 Å². The Labute approximate surface area is 123 Å². The summed E-state index contributed by atoms with van der Waals surface area (Å²) in [6.45, 7) is 4.57. The molecule has 0 amide bonds. The number of nitrogens with zero attached hydrogens (tertiary/aromatic N) is 3. The van der Waals surface area contributed by atoms with Crippen molar-refractivity contribution in [2.24, 2.45) is 0 Å². The molecule has 20 heavy (non-hydrogen) atoms. The molecule has 2 heterocycles. The third-order valence-electron chi connectivity index (χ3n) is 3.19. The van der Waals surface area contributed by atoms with E-state index in [9.17, 15) is 5.11 Å². The van der Waals surface area contributed by atoms with Gasteiger partial charge in [-0.1, -0.05) is 11.6 Å². The van der Waals surface area contributed by atoms with Crippen molar-refractivity contribution in [3.05, 3.63) is 40.3 Å². The molecule has 0 spiro atoms. The molecule has 0 aliphatic heterocycles. The van der Waals surface area contributed by atoms with Crippen molar-refractivity contribution in [2.75, 3.05) is 7.11 Å². The molecular weight excluding hydrogens is 278 g/mol. The van der Waals surface area contributed by atoms with Crippen LogP contribution in [0, 0.1) is 6.92 Å². The number of rotatable bonds is 5. The van der Waals surface area contributed by atoms with Crippen LogP contribution in [0.2, 0.25) is 5.02 Å². The molecule has 0 bridgehead atoms. The SMILES string of the molecule is CCn1nc(C)c(Cl)c1CC(O)c1ccc(OC)nc1. The predicted octanol–water partition coefficient (Wildman–Crippen LogP) is 2.54. The van der Waals surface area contributed by atoms with E-state index in [1.807, 2.05) is 18.5 Å². The topological polar surface area (TPSA) is 60.2 Å². The van der Waals surface area contributed by atoms with Gasteiger partial charge < -0.3 is 9.84 Å². The maximum Gasteiger partial charge on any atom is 0.212 e. The zero-order valence-corrected chi connectivity index (χ0v) is 12.6. The molecule has 0 radical (unpaired) electrons. The Morgan fingerprint density at radius 3 is 2.75 bits per heavy atom. The van der Waals surface area contributed by atoms with E-state index in [2.05, 4.69) is 10.1 Å². The fraction of sp³-hybridized carbons (Fsp3) is 0.429. The van der Waals surface area contributed by atoms with Crippen molar-refractivity contribution in [3.8, 4) is 5.88 Å². The fourth-order valence-corrected chi connectivity index (χ4v) is 2.29. The lowest BCUT2D eigenvalue weighted by molar-refractivity contribution is 0.175. The van der Waals surface area contributed by atoms with Crippen LogP contribution in [0.4, 0.5) is 0 Å². The van der Waals surface area contributed by atoms with Gasteiger partial charge in [0.2, 0.25) is 5.88 Å². The number of aliphatic hydroxyl groups is 1. The third-order valence-corrected chi connectivity index (χ3v) is 3.68. The van der Waals surface area contributed by atoms with E-state index in [1.54, 1.807) is 25.4 Å². The van der Waals surface area contributed by atoms with Crippen LogP contribution in [-0.2, 0) is 13.0 Å². The first-order valence-electron chi connectivity index (χ1n) is 6.46. The molecule has 6 heteroatoms. The summed E-state index contributed by atoms with van der Waals surface area (Å²) in [6.07, 6.45) is 1.34. The van der Waals surface area contributed by atoms with Gasteiger partial charge in [0, 0.05) is 25.2 Å². The molecule has 1 atom stereocenters. The molecule has 0 saturated heterocycles. The quantitative estimate of drug-likeness (QED) is 0.921. The Kier molecular flexibility index (Phi) is 4.62. The Bertz CT molecular complexity index is 581. The number of halogens is 1. The van der Waals surface area contributed by atoms with E-state index in [0.29, 0.717) is 17.3 Å². The van der Waals surface area contributed by atoms with Crippen LogP contribution in [0.3, 0.4) is 0 Å². The van der Waals surface area contributed by atoms with Crippen LogP contribution in [0.1, 0.15) is 30.0 Å². The third kappa shape index (κ3) is 2.94. The number of hydrogen-bond donors (Lipinski definition) is 1. The van der Waals surface area contributed by atoms with Gasteiger partial charge in [-0.15, -0.1) is 0 Å². The van der Waals surface area contributed by atoms with Crippen LogP contribution in [-0.4, -0.2) is 27.0 Å². The standard InChI is InChI=1S/C14H18ClN3O2/c1-4-18-11(14(15)9(2)17-18)7-12(19)10-5-6-13(20-3)16-8-10/h5-6,8,12,19H,4,7H2,1-3H3. The van der Waals surface area contributed by atoms with E-state index in [1.165, 1.54) is 0 Å². The number of hydrogen-bond acceptors (Lipinski definition) is 4. The lowest BCUT2D eigenvalue weighted by Gasteiger charge is -2.12. The summed E-state index contributed by atoms with van der Waals surface area (Å²) in [4.78, 5) is 4.09. The molecule has 2 aromatic rings. The zero-order valence-electron chi connectivity index (χ0n) is 11.8. The summed E-state index contributed by atoms with van der Waals surface area (Å²) in [5.41, 5.74) is 2.35. The number of methoxy groups -OCH3 is 1. The highest BCUT2D eigenvalue weighted by Gasteiger charge is 2.17. The summed E-state index contributed by atoms with van der Waals surface area (Å²) < 4.78 is 6.82. The minimum atomic E-state index is -0.674. The molecule has 0 saturated carbocycles. The Morgan fingerprint density at radius 1 is 1.45 bits per heavy atom. The highest BCUT2D eigenvalue weighted by Crippen LogP contribution is 2.26. The minimum absolute atomic E-state index is 0.404. The largest absolute Gasteiger partial charge is 0.481 e. The summed E-state index contributed by atoms with van der Waals surface area (Å²) >= 11 is 6.24. The van der Waals surface area contributed by atoms with Gasteiger partial charge in [-0.3, -0.25) is 4.68 Å². The Balaban J connectivity index is 2.20. The summed E-state index contributed by atoms with van der Waals surface area (Å²) in [5, 5.41) is 15.3. The monoisotopic (exact) mass is 295 g/mol. The second kappa shape index (κ2) is 6.24. The van der Waals surface area contributed by atoms with Crippen molar-refractivity contribution in [1.29, 1.82) is 0 Å². The van der Waals surface area contributed by atoms with Crippen LogP contribution in [0.15, 0.2) is 18.3 Å². The smallest absolute Gasteiger partial charge is 0.212 e. The molecule has 0 aromatic carbocycles. The molecule has 5 nitrogen and oxygen atoms in total. The molecule has 0 aliphatic rings. The zero-order chi connectivity index (χ0) is 14.7. The van der Waals surface area contributed by atoms with Crippen LogP contribution >= 0.6 is 11.6 Å². The Hall–Kier alpha value is -1.59. The molecule has 0 aliphatic carbocycles. The van der Waals surface area contributed by atoms with E-state index in [0.717, 1.165) is 23.5 Å². The molecule has 0 fully saturated rings. The van der Waals surface area contributed by atoms with Gasteiger partial charge in [0.15, 0.2) is 0 Å². The lowest BCUT2D eigenvalue weighted by Crippen LogP contribution is -2.09. The number of aromatic nitrogens is 3. The summed E-state index contributed by atoms with van der Waals surface area (Å²) in [5.74, 6) is 0.522. The number of aliphatic hydroxyl groups excluding tert-OH is 1. The van der Waals surface area contributed by atoms with Crippen molar-refractivity contribution in [2.45, 2.75) is 32.9 Å². The predicted molar refractivity (Wildman–Crippen MR) is 77.1 cm³/mol. The van der Waals surface area contributed by atoms with Crippen molar-refractivity contribution in [3.63, 3.8) is 0 Å². The highest BCUT2D eigenvalue weighted by molar-refractivity contribution is 6.31. The fourth-order valence-electron chi connectivity index (χ4n) is 2.07. The number of aryl methyl sites for hydroxylation is 2. The van der Waals surface area contributed by atoms with Crippen molar-refractivity contribution >= 4 is 11.6 Å². The lowest BCUT2D eigenvalue weighted by atomic mass is 10.1. The van der Waals surface area contributed by atoms with E-state index < -0.39 is 6.10 Å². The first kappa shape index (κ1) is 14.8. The van der Waals surface area contributed by atoms with Gasteiger partial charge in [-0.2, -0.15) is 5.10 Å². The molecular formula is C14H18ClN3O2. The van der Waals surface area contributed by atoms with Gasteiger partial charge in [0.1, 0.15) is 0 Å². The maximum absolute atomic E-state index is 10.3. The van der Waals surface area contributed by atoms with E-state index in [4.69, 9.17) is 16.3 Å². The van der Waals surface area contributed by atoms with Crippen LogP contribution < -0.4 is 4.74 Å². The Morgan fingerprint density at radius 2 is 2.20 bits per heavy atom. The number of pyridine rings is 1. The molecule has 108 valence electrons. The first-order valence-corrected chi connectivity index (χ1v) is 6.84. The normalized spacial score (nSPS) is 12.4. The average molecular weight is 296 g/mol. The molecule has 2 aromatic heterocycles. The van der Waals surface area contributed by atoms with Gasteiger partial charge >= 0.3 is 0 Å². The molecule has 1 unspecified atom stereocenters. The second-order valence-corrected chi connectivity index (χ2v) is 4.89. The van der Waals surface area contributed by atoms with Gasteiger partial charge in [0.25, 0.3) is 0 Å². The van der Waals surface area contributed by atoms with Crippen LogP contribution in [0.25, 0.3) is 0 Å².